The normalized spacial score (nSPS) is 51.5. The predicted octanol–water partition coefficient (Wildman–Crippen LogP) is 2.40. The molecule has 134 valence electrons. The molecule has 4 saturated heterocycles. The van der Waals surface area contributed by atoms with Gasteiger partial charge >= 0.3 is 0 Å². The maximum absolute atomic E-state index is 10.4. The van der Waals surface area contributed by atoms with Crippen LogP contribution >= 0.6 is 0 Å². The van der Waals surface area contributed by atoms with E-state index in [-0.39, 0.29) is 18.6 Å². The van der Waals surface area contributed by atoms with Gasteiger partial charge in [-0.3, -0.25) is 4.79 Å². The molecular formula is C17H25NO6. The van der Waals surface area contributed by atoms with Crippen LogP contribution in [-0.4, -0.2) is 36.8 Å². The Morgan fingerprint density at radius 2 is 2.08 bits per heavy atom. The lowest BCUT2D eigenvalue weighted by molar-refractivity contribution is -0.557. The van der Waals surface area contributed by atoms with Gasteiger partial charge in [0.15, 0.2) is 18.2 Å². The van der Waals surface area contributed by atoms with Crippen LogP contribution in [0.2, 0.25) is 0 Å². The Labute approximate surface area is 141 Å². The molecule has 0 aromatic rings. The van der Waals surface area contributed by atoms with E-state index in [2.05, 4.69) is 18.8 Å². The zero-order valence-electron chi connectivity index (χ0n) is 14.4. The van der Waals surface area contributed by atoms with Crippen molar-refractivity contribution >= 4 is 12.4 Å². The molecule has 4 aliphatic heterocycles. The fraction of sp³-hybridized carbons (Fsp3) is 0.882. The van der Waals surface area contributed by atoms with Crippen molar-refractivity contribution in [3.8, 4) is 0 Å². The Morgan fingerprint density at radius 1 is 1.25 bits per heavy atom. The molecular weight excluding hydrogens is 314 g/mol. The van der Waals surface area contributed by atoms with Gasteiger partial charge in [0, 0.05) is 24.2 Å². The molecule has 1 aliphatic carbocycles. The highest BCUT2D eigenvalue weighted by molar-refractivity contribution is 5.80. The van der Waals surface area contributed by atoms with E-state index in [0.717, 1.165) is 25.7 Å². The van der Waals surface area contributed by atoms with Crippen LogP contribution in [0.25, 0.3) is 0 Å². The number of fused-ring (bicyclic) bond motifs is 2. The first-order valence-electron chi connectivity index (χ1n) is 8.81. The Balaban J connectivity index is 1.72. The molecule has 2 bridgehead atoms. The maximum Gasteiger partial charge on any atom is 0.294 e. The van der Waals surface area contributed by atoms with Crippen LogP contribution in [0.1, 0.15) is 46.5 Å². The van der Waals surface area contributed by atoms with Crippen molar-refractivity contribution in [2.24, 2.45) is 28.7 Å². The number of carbonyl (C=O) groups is 1. The first kappa shape index (κ1) is 16.3. The average molecular weight is 339 g/mol. The molecule has 5 rings (SSSR count). The van der Waals surface area contributed by atoms with E-state index in [1.165, 1.54) is 0 Å². The third-order valence-corrected chi connectivity index (χ3v) is 6.36. The van der Waals surface area contributed by atoms with Crippen LogP contribution in [-0.2, 0) is 28.8 Å². The van der Waals surface area contributed by atoms with Gasteiger partial charge in [-0.05, 0) is 32.1 Å². The molecule has 24 heavy (non-hydrogen) atoms. The molecule has 7 heteroatoms. The van der Waals surface area contributed by atoms with Gasteiger partial charge in [-0.25, -0.2) is 14.8 Å². The quantitative estimate of drug-likeness (QED) is 0.446. The summed E-state index contributed by atoms with van der Waals surface area (Å²) in [6, 6.07) is 0. The second kappa shape index (κ2) is 5.68. The van der Waals surface area contributed by atoms with E-state index in [1.54, 1.807) is 0 Å². The van der Waals surface area contributed by atoms with Crippen molar-refractivity contribution in [3.05, 3.63) is 0 Å². The number of aliphatic imine (C=N–C) groups is 1. The average Bonchev–Trinajstić information content (AvgIpc) is 2.78. The summed E-state index contributed by atoms with van der Waals surface area (Å²) in [6.07, 6.45) is 3.40. The van der Waals surface area contributed by atoms with Gasteiger partial charge in [-0.15, -0.1) is 0 Å². The van der Waals surface area contributed by atoms with E-state index in [0.29, 0.717) is 24.2 Å². The molecule has 0 amide bonds. The predicted molar refractivity (Wildman–Crippen MR) is 82.5 cm³/mol. The summed E-state index contributed by atoms with van der Waals surface area (Å²) < 4.78 is 17.0. The molecule has 5 fully saturated rings. The van der Waals surface area contributed by atoms with Gasteiger partial charge in [0.05, 0.1) is 0 Å². The lowest BCUT2D eigenvalue weighted by atomic mass is 9.58. The van der Waals surface area contributed by atoms with E-state index >= 15 is 0 Å². The van der Waals surface area contributed by atoms with E-state index < -0.39 is 17.7 Å². The minimum absolute atomic E-state index is 0.0376. The molecule has 7 atom stereocenters. The van der Waals surface area contributed by atoms with E-state index in [1.807, 2.05) is 6.92 Å². The molecule has 1 spiro atoms. The Hall–Kier alpha value is -1.18. The van der Waals surface area contributed by atoms with Crippen molar-refractivity contribution in [2.75, 3.05) is 6.73 Å². The minimum Gasteiger partial charge on any atom is -0.448 e. The molecule has 3 unspecified atom stereocenters. The Morgan fingerprint density at radius 3 is 2.88 bits per heavy atom. The van der Waals surface area contributed by atoms with Gasteiger partial charge in [0.1, 0.15) is 0 Å². The highest BCUT2D eigenvalue weighted by atomic mass is 17.3. The number of hydrogen-bond donors (Lipinski definition) is 0. The largest absolute Gasteiger partial charge is 0.448 e. The lowest BCUT2D eigenvalue weighted by Crippen LogP contribution is -2.69. The molecule has 0 radical (unpaired) electrons. The number of nitrogens with zero attached hydrogens (tertiary/aromatic N) is 1. The molecule has 7 nitrogen and oxygen atoms in total. The van der Waals surface area contributed by atoms with Crippen LogP contribution in [0.15, 0.2) is 4.99 Å². The standard InChI is InChI=1S/C17H25NO6/c1-10-4-5-13-11(2)14(18-8-20-9-19)21-15-17(13)12(10)6-7-16(3,22-15)23-24-17/h9-13,15H,4-8H2,1-3H3/b18-14-/t10-,11-,12?,13?,15-,16+,17?/m1/s1. The summed E-state index contributed by atoms with van der Waals surface area (Å²) in [6.45, 7) is 6.61. The van der Waals surface area contributed by atoms with Crippen molar-refractivity contribution in [1.82, 2.24) is 0 Å². The molecule has 0 N–H and O–H groups in total. The van der Waals surface area contributed by atoms with Crippen molar-refractivity contribution in [1.29, 1.82) is 0 Å². The van der Waals surface area contributed by atoms with Crippen molar-refractivity contribution in [3.63, 3.8) is 0 Å². The first-order valence-corrected chi connectivity index (χ1v) is 8.81. The number of hydrogen-bond acceptors (Lipinski definition) is 7. The number of rotatable bonds is 3. The lowest BCUT2D eigenvalue weighted by Gasteiger charge is -2.58. The topological polar surface area (TPSA) is 75.6 Å². The third-order valence-electron chi connectivity index (χ3n) is 6.36. The second-order valence-electron chi connectivity index (χ2n) is 7.70. The number of carbonyl (C=O) groups excluding carboxylic acids is 1. The first-order chi connectivity index (χ1) is 11.5. The zero-order chi connectivity index (χ0) is 16.9. The van der Waals surface area contributed by atoms with Gasteiger partial charge in [-0.1, -0.05) is 13.8 Å². The van der Waals surface area contributed by atoms with Crippen LogP contribution in [0.5, 0.6) is 0 Å². The monoisotopic (exact) mass is 339 g/mol. The van der Waals surface area contributed by atoms with Crippen LogP contribution in [0.3, 0.4) is 0 Å². The third kappa shape index (κ3) is 2.21. The summed E-state index contributed by atoms with van der Waals surface area (Å²) in [7, 11) is 0. The smallest absolute Gasteiger partial charge is 0.294 e. The van der Waals surface area contributed by atoms with Crippen molar-refractivity contribution < 1.29 is 28.8 Å². The van der Waals surface area contributed by atoms with Crippen LogP contribution < -0.4 is 0 Å². The van der Waals surface area contributed by atoms with E-state index in [9.17, 15) is 4.79 Å². The van der Waals surface area contributed by atoms with Gasteiger partial charge in [0.25, 0.3) is 6.47 Å². The van der Waals surface area contributed by atoms with Crippen LogP contribution in [0.4, 0.5) is 0 Å². The summed E-state index contributed by atoms with van der Waals surface area (Å²) in [4.78, 5) is 26.5. The summed E-state index contributed by atoms with van der Waals surface area (Å²) in [5, 5.41) is 0. The SMILES string of the molecule is C[C@@H]1CCC2[C@@H](C)/C(=N/COC=O)O[C@@H]3O[C@]4(C)CCC1C23OO4. The minimum atomic E-state index is -0.789. The van der Waals surface area contributed by atoms with Gasteiger partial charge < -0.3 is 14.2 Å². The molecule has 0 aromatic carbocycles. The van der Waals surface area contributed by atoms with Gasteiger partial charge in [-0.2, -0.15) is 0 Å². The summed E-state index contributed by atoms with van der Waals surface area (Å²) >= 11 is 0. The molecule has 4 heterocycles. The Kier molecular flexibility index (Phi) is 3.85. The molecule has 5 aliphatic rings. The fourth-order valence-electron chi connectivity index (χ4n) is 5.09. The zero-order valence-corrected chi connectivity index (χ0v) is 14.4. The Bertz CT molecular complexity index is 553. The van der Waals surface area contributed by atoms with Crippen LogP contribution in [0, 0.1) is 23.7 Å². The summed E-state index contributed by atoms with van der Waals surface area (Å²) in [5.74, 6) is 0.911. The molecule has 1 saturated carbocycles. The fourth-order valence-corrected chi connectivity index (χ4v) is 5.09. The molecule has 0 aromatic heterocycles. The highest BCUT2D eigenvalue weighted by Gasteiger charge is 2.69. The second-order valence-corrected chi connectivity index (χ2v) is 7.70. The van der Waals surface area contributed by atoms with Gasteiger partial charge in [0.2, 0.25) is 12.1 Å². The van der Waals surface area contributed by atoms with E-state index in [4.69, 9.17) is 24.0 Å². The highest BCUT2D eigenvalue weighted by Crippen LogP contribution is 2.59. The summed E-state index contributed by atoms with van der Waals surface area (Å²) in [5.41, 5.74) is -0.586. The number of ether oxygens (including phenoxy) is 3. The maximum atomic E-state index is 10.4. The van der Waals surface area contributed by atoms with Crippen molar-refractivity contribution in [2.45, 2.75) is 64.1 Å².